The number of amides is 2. The van der Waals surface area contributed by atoms with Crippen LogP contribution in [0.25, 0.3) is 0 Å². The predicted molar refractivity (Wildman–Crippen MR) is 113 cm³/mol. The largest absolute Gasteiger partial charge is 0.507 e. The lowest BCUT2D eigenvalue weighted by molar-refractivity contribution is -0.121. The van der Waals surface area contributed by atoms with Gasteiger partial charge in [0.1, 0.15) is 16.7 Å². The Bertz CT molecular complexity index is 988. The second-order valence-corrected chi connectivity index (χ2v) is 7.44. The first-order valence-corrected chi connectivity index (χ1v) is 9.62. The maximum absolute atomic E-state index is 12.7. The number of amidine groups is 1. The van der Waals surface area contributed by atoms with Crippen LogP contribution in [-0.2, 0) is 9.59 Å². The molecule has 3 rings (SSSR count). The quantitative estimate of drug-likeness (QED) is 0.337. The van der Waals surface area contributed by atoms with E-state index in [2.05, 4.69) is 10.2 Å². The Morgan fingerprint density at radius 2 is 1.86 bits per heavy atom. The summed E-state index contributed by atoms with van der Waals surface area (Å²) in [5.74, 6) is 0.0544. The highest BCUT2D eigenvalue weighted by atomic mass is 32.2. The normalized spacial score (nSPS) is 17.7. The summed E-state index contributed by atoms with van der Waals surface area (Å²) in [7, 11) is 1.54. The van der Waals surface area contributed by atoms with Crippen LogP contribution >= 0.6 is 11.8 Å². The zero-order chi connectivity index (χ0) is 21.0. The molecule has 1 heterocycles. The number of imide groups is 1. The number of benzene rings is 2. The maximum Gasteiger partial charge on any atom is 0.247 e. The van der Waals surface area contributed by atoms with Crippen LogP contribution in [0.4, 0.5) is 5.69 Å². The van der Waals surface area contributed by atoms with Crippen molar-refractivity contribution in [3.63, 3.8) is 0 Å². The molecule has 2 aromatic carbocycles. The van der Waals surface area contributed by atoms with Crippen LogP contribution in [0.5, 0.6) is 11.5 Å². The van der Waals surface area contributed by atoms with Gasteiger partial charge >= 0.3 is 0 Å². The van der Waals surface area contributed by atoms with Crippen LogP contribution in [0.3, 0.4) is 0 Å². The van der Waals surface area contributed by atoms with Crippen molar-refractivity contribution in [2.45, 2.75) is 18.6 Å². The van der Waals surface area contributed by atoms with Crippen LogP contribution in [0.15, 0.2) is 58.7 Å². The summed E-state index contributed by atoms with van der Waals surface area (Å²) in [5.41, 5.74) is 7.38. The van der Waals surface area contributed by atoms with E-state index in [4.69, 9.17) is 10.5 Å². The smallest absolute Gasteiger partial charge is 0.247 e. The summed E-state index contributed by atoms with van der Waals surface area (Å²) >= 11 is 0.988. The molecule has 1 aliphatic rings. The minimum Gasteiger partial charge on any atom is -0.507 e. The molecule has 1 aliphatic heterocycles. The molecular weight excluding hydrogens is 392 g/mol. The van der Waals surface area contributed by atoms with Crippen molar-refractivity contribution >= 4 is 40.1 Å². The van der Waals surface area contributed by atoms with E-state index >= 15 is 0 Å². The lowest BCUT2D eigenvalue weighted by Gasteiger charge is -2.15. The molecule has 0 bridgehead atoms. The van der Waals surface area contributed by atoms with Gasteiger partial charge in [0, 0.05) is 12.0 Å². The van der Waals surface area contributed by atoms with Gasteiger partial charge in [-0.25, -0.2) is 4.90 Å². The van der Waals surface area contributed by atoms with Gasteiger partial charge in [0.15, 0.2) is 5.17 Å². The SMILES string of the molecule is COc1ccc(N2C(=O)C[C@@H](SC(N)=N/N=C(/C)c3ccccc3O)C2=O)cc1. The van der Waals surface area contributed by atoms with Crippen LogP contribution < -0.4 is 15.4 Å². The molecule has 0 saturated carbocycles. The molecule has 0 radical (unpaired) electrons. The number of thioether (sulfide) groups is 1. The minimum absolute atomic E-state index is 0.0217. The standard InChI is InChI=1S/C20H20N4O4S/c1-12(15-5-3-4-6-16(15)25)22-23-20(21)29-17-11-18(26)24(19(17)27)13-7-9-14(28-2)10-8-13/h3-10,17,25H,11H2,1-2H3,(H2,21,23)/b22-12-/t17-/m1/s1. The average molecular weight is 412 g/mol. The Kier molecular flexibility index (Phi) is 6.18. The summed E-state index contributed by atoms with van der Waals surface area (Å²) in [4.78, 5) is 26.2. The van der Waals surface area contributed by atoms with Crippen LogP contribution in [0.1, 0.15) is 18.9 Å². The highest BCUT2D eigenvalue weighted by Crippen LogP contribution is 2.30. The fourth-order valence-corrected chi connectivity index (χ4v) is 3.64. The Balaban J connectivity index is 1.70. The first-order valence-electron chi connectivity index (χ1n) is 8.74. The molecular formula is C20H20N4O4S. The zero-order valence-electron chi connectivity index (χ0n) is 15.9. The minimum atomic E-state index is -0.672. The fraction of sp³-hybridized carbons (Fsp3) is 0.200. The highest BCUT2D eigenvalue weighted by molar-refractivity contribution is 8.14. The summed E-state index contributed by atoms with van der Waals surface area (Å²) in [6.07, 6.45) is 0.0217. The number of methoxy groups -OCH3 is 1. The number of hydrogen-bond donors (Lipinski definition) is 2. The Labute approximate surface area is 172 Å². The van der Waals surface area contributed by atoms with E-state index in [0.29, 0.717) is 22.7 Å². The van der Waals surface area contributed by atoms with Crippen molar-refractivity contribution in [1.82, 2.24) is 0 Å². The van der Waals surface area contributed by atoms with Crippen molar-refractivity contribution in [2.75, 3.05) is 12.0 Å². The molecule has 0 aliphatic carbocycles. The number of carbonyl (C=O) groups excluding carboxylic acids is 2. The summed E-state index contributed by atoms with van der Waals surface area (Å²) in [6.45, 7) is 1.69. The van der Waals surface area contributed by atoms with Crippen LogP contribution in [0.2, 0.25) is 0 Å². The molecule has 0 aromatic heterocycles. The fourth-order valence-electron chi connectivity index (χ4n) is 2.83. The van der Waals surface area contributed by atoms with E-state index in [1.165, 1.54) is 0 Å². The van der Waals surface area contributed by atoms with E-state index < -0.39 is 5.25 Å². The predicted octanol–water partition coefficient (Wildman–Crippen LogP) is 2.50. The lowest BCUT2D eigenvalue weighted by Crippen LogP contribution is -2.31. The molecule has 1 fully saturated rings. The Morgan fingerprint density at radius 1 is 1.17 bits per heavy atom. The molecule has 9 heteroatoms. The number of hydrogen-bond acceptors (Lipinski definition) is 7. The number of phenols is 1. The first kappa shape index (κ1) is 20.4. The van der Waals surface area contributed by atoms with E-state index in [1.807, 2.05) is 0 Å². The first-order chi connectivity index (χ1) is 13.9. The number of rotatable bonds is 5. The Hall–Kier alpha value is -3.33. The lowest BCUT2D eigenvalue weighted by atomic mass is 10.1. The molecule has 1 atom stereocenters. The van der Waals surface area contributed by atoms with Crippen molar-refractivity contribution in [3.05, 3.63) is 54.1 Å². The third-order valence-electron chi connectivity index (χ3n) is 4.29. The average Bonchev–Trinajstić information content (AvgIpc) is 2.99. The second kappa shape index (κ2) is 8.78. The number of anilines is 1. The van der Waals surface area contributed by atoms with Gasteiger partial charge in [-0.15, -0.1) is 5.10 Å². The second-order valence-electron chi connectivity index (χ2n) is 6.22. The van der Waals surface area contributed by atoms with Gasteiger partial charge in [-0.1, -0.05) is 23.9 Å². The van der Waals surface area contributed by atoms with Gasteiger partial charge in [0.2, 0.25) is 11.8 Å². The van der Waals surface area contributed by atoms with Gasteiger partial charge in [-0.2, -0.15) is 5.10 Å². The van der Waals surface area contributed by atoms with E-state index in [1.54, 1.807) is 62.6 Å². The van der Waals surface area contributed by atoms with Crippen molar-refractivity contribution < 1.29 is 19.4 Å². The molecule has 1 saturated heterocycles. The maximum atomic E-state index is 12.7. The van der Waals surface area contributed by atoms with Gasteiger partial charge in [0.05, 0.1) is 18.5 Å². The summed E-state index contributed by atoms with van der Waals surface area (Å²) < 4.78 is 5.09. The van der Waals surface area contributed by atoms with Gasteiger partial charge in [0.25, 0.3) is 0 Å². The number of nitrogens with two attached hydrogens (primary N) is 1. The molecule has 8 nitrogen and oxygen atoms in total. The van der Waals surface area contributed by atoms with Crippen LogP contribution in [0, 0.1) is 0 Å². The number of carbonyl (C=O) groups is 2. The number of ether oxygens (including phenoxy) is 1. The van der Waals surface area contributed by atoms with Crippen molar-refractivity contribution in [1.29, 1.82) is 0 Å². The van der Waals surface area contributed by atoms with Gasteiger partial charge in [-0.3, -0.25) is 9.59 Å². The van der Waals surface area contributed by atoms with Gasteiger partial charge in [-0.05, 0) is 43.3 Å². The van der Waals surface area contributed by atoms with E-state index in [-0.39, 0.29) is 29.2 Å². The van der Waals surface area contributed by atoms with E-state index in [9.17, 15) is 14.7 Å². The molecule has 3 N–H and O–H groups in total. The Morgan fingerprint density at radius 3 is 2.52 bits per heavy atom. The zero-order valence-corrected chi connectivity index (χ0v) is 16.7. The third-order valence-corrected chi connectivity index (χ3v) is 5.27. The van der Waals surface area contributed by atoms with Crippen molar-refractivity contribution in [3.8, 4) is 11.5 Å². The monoisotopic (exact) mass is 412 g/mol. The molecule has 150 valence electrons. The van der Waals surface area contributed by atoms with Crippen LogP contribution in [-0.4, -0.2) is 40.2 Å². The van der Waals surface area contributed by atoms with Crippen molar-refractivity contribution in [2.24, 2.45) is 15.9 Å². The topological polar surface area (TPSA) is 118 Å². The van der Waals surface area contributed by atoms with E-state index in [0.717, 1.165) is 16.7 Å². The highest BCUT2D eigenvalue weighted by Gasteiger charge is 2.40. The number of nitrogens with zero attached hydrogens (tertiary/aromatic N) is 3. The molecule has 0 spiro atoms. The number of phenolic OH excluding ortho intramolecular Hbond substituents is 1. The third kappa shape index (κ3) is 4.57. The molecule has 2 aromatic rings. The number of aromatic hydroxyl groups is 1. The molecule has 29 heavy (non-hydrogen) atoms. The summed E-state index contributed by atoms with van der Waals surface area (Å²) in [6, 6.07) is 13.4. The molecule has 2 amide bonds. The number of para-hydroxylation sites is 1. The summed E-state index contributed by atoms with van der Waals surface area (Å²) in [5, 5.41) is 17.2. The van der Waals surface area contributed by atoms with Gasteiger partial charge < -0.3 is 15.6 Å². The molecule has 0 unspecified atom stereocenters.